The van der Waals surface area contributed by atoms with Crippen LogP contribution in [-0.2, 0) is 6.54 Å². The van der Waals surface area contributed by atoms with Gasteiger partial charge in [-0.05, 0) is 43.0 Å². The van der Waals surface area contributed by atoms with E-state index in [1.54, 1.807) is 11.3 Å². The van der Waals surface area contributed by atoms with Crippen molar-refractivity contribution in [1.29, 1.82) is 0 Å². The largest absolute Gasteiger partial charge is 0.493 e. The molecule has 1 N–H and O–H groups in total. The predicted molar refractivity (Wildman–Crippen MR) is 89.5 cm³/mol. The van der Waals surface area contributed by atoms with Crippen molar-refractivity contribution >= 4 is 27.3 Å². The van der Waals surface area contributed by atoms with Crippen LogP contribution in [0.15, 0.2) is 40.2 Å². The Labute approximate surface area is 133 Å². The highest BCUT2D eigenvalue weighted by Crippen LogP contribution is 2.25. The molecule has 1 atom stereocenters. The summed E-state index contributed by atoms with van der Waals surface area (Å²) in [6.45, 7) is 5.87. The predicted octanol–water partition coefficient (Wildman–Crippen LogP) is 5.15. The average molecular weight is 354 g/mol. The first kappa shape index (κ1) is 15.5. The summed E-state index contributed by atoms with van der Waals surface area (Å²) in [5.41, 5.74) is 1.19. The van der Waals surface area contributed by atoms with E-state index in [0.717, 1.165) is 29.8 Å². The van der Waals surface area contributed by atoms with E-state index in [9.17, 15) is 0 Å². The van der Waals surface area contributed by atoms with Crippen molar-refractivity contribution in [3.05, 3.63) is 50.6 Å². The second-order valence-electron chi connectivity index (χ2n) is 4.72. The lowest BCUT2D eigenvalue weighted by Crippen LogP contribution is -2.17. The topological polar surface area (TPSA) is 21.3 Å². The number of rotatable bonds is 7. The first-order valence-corrected chi connectivity index (χ1v) is 8.56. The minimum Gasteiger partial charge on any atom is -0.493 e. The van der Waals surface area contributed by atoms with Crippen LogP contribution in [0.3, 0.4) is 0 Å². The lowest BCUT2D eigenvalue weighted by Gasteiger charge is -2.15. The summed E-state index contributed by atoms with van der Waals surface area (Å²) in [6, 6.07) is 10.8. The van der Waals surface area contributed by atoms with Gasteiger partial charge in [-0.2, -0.15) is 0 Å². The van der Waals surface area contributed by atoms with E-state index in [0.29, 0.717) is 6.04 Å². The summed E-state index contributed by atoms with van der Waals surface area (Å²) in [5, 5.41) is 5.67. The van der Waals surface area contributed by atoms with Crippen molar-refractivity contribution in [1.82, 2.24) is 5.32 Å². The third-order valence-electron chi connectivity index (χ3n) is 3.05. The highest BCUT2D eigenvalue weighted by atomic mass is 79.9. The zero-order chi connectivity index (χ0) is 14.4. The molecule has 0 aliphatic carbocycles. The minimum absolute atomic E-state index is 0.355. The van der Waals surface area contributed by atoms with Gasteiger partial charge in [-0.15, -0.1) is 11.3 Å². The van der Waals surface area contributed by atoms with Gasteiger partial charge in [0, 0.05) is 27.5 Å². The molecular formula is C16H20BrNOS. The van der Waals surface area contributed by atoms with Crippen LogP contribution < -0.4 is 10.1 Å². The maximum absolute atomic E-state index is 5.81. The Morgan fingerprint density at radius 3 is 2.90 bits per heavy atom. The fourth-order valence-corrected chi connectivity index (χ4v) is 3.11. The van der Waals surface area contributed by atoms with E-state index in [4.69, 9.17) is 4.74 Å². The molecule has 0 aliphatic rings. The normalized spacial score (nSPS) is 12.3. The molecule has 2 nitrogen and oxygen atoms in total. The number of thiophene rings is 1. The Morgan fingerprint density at radius 1 is 1.35 bits per heavy atom. The average Bonchev–Trinajstić information content (AvgIpc) is 2.98. The van der Waals surface area contributed by atoms with Crippen LogP contribution in [0.25, 0.3) is 0 Å². The van der Waals surface area contributed by atoms with Gasteiger partial charge in [0.25, 0.3) is 0 Å². The van der Waals surface area contributed by atoms with Crippen LogP contribution in [0.2, 0.25) is 0 Å². The highest BCUT2D eigenvalue weighted by molar-refractivity contribution is 9.10. The molecule has 0 amide bonds. The molecule has 0 saturated heterocycles. The molecule has 1 heterocycles. The van der Waals surface area contributed by atoms with Gasteiger partial charge < -0.3 is 10.1 Å². The van der Waals surface area contributed by atoms with E-state index in [-0.39, 0.29) is 0 Å². The molecule has 0 unspecified atom stereocenters. The molecule has 108 valence electrons. The molecule has 0 fully saturated rings. The molecule has 20 heavy (non-hydrogen) atoms. The van der Waals surface area contributed by atoms with E-state index in [1.807, 2.05) is 12.1 Å². The van der Waals surface area contributed by atoms with E-state index >= 15 is 0 Å². The van der Waals surface area contributed by atoms with Gasteiger partial charge in [-0.25, -0.2) is 0 Å². The Morgan fingerprint density at radius 2 is 2.20 bits per heavy atom. The SMILES string of the molecule is CCCOc1ccc(Br)cc1CN[C@H](C)c1cccs1. The number of nitrogens with one attached hydrogen (secondary N) is 1. The number of ether oxygens (including phenoxy) is 1. The Balaban J connectivity index is 2.02. The van der Waals surface area contributed by atoms with Crippen molar-refractivity contribution in [3.63, 3.8) is 0 Å². The molecule has 0 aliphatic heterocycles. The third kappa shape index (κ3) is 4.33. The van der Waals surface area contributed by atoms with Crippen molar-refractivity contribution in [2.45, 2.75) is 32.9 Å². The quantitative estimate of drug-likeness (QED) is 0.742. The molecule has 0 radical (unpaired) electrons. The summed E-state index contributed by atoms with van der Waals surface area (Å²) in [7, 11) is 0. The number of hydrogen-bond acceptors (Lipinski definition) is 3. The first-order chi connectivity index (χ1) is 9.70. The lowest BCUT2D eigenvalue weighted by atomic mass is 10.2. The minimum atomic E-state index is 0.355. The smallest absolute Gasteiger partial charge is 0.123 e. The summed E-state index contributed by atoms with van der Waals surface area (Å²) in [6.07, 6.45) is 1.02. The van der Waals surface area contributed by atoms with Crippen LogP contribution >= 0.6 is 27.3 Å². The van der Waals surface area contributed by atoms with Gasteiger partial charge in [0.2, 0.25) is 0 Å². The fourth-order valence-electron chi connectivity index (χ4n) is 1.94. The molecule has 0 bridgehead atoms. The fraction of sp³-hybridized carbons (Fsp3) is 0.375. The molecule has 2 aromatic rings. The van der Waals surface area contributed by atoms with Crippen LogP contribution in [0, 0.1) is 0 Å². The van der Waals surface area contributed by atoms with Crippen LogP contribution in [0.5, 0.6) is 5.75 Å². The zero-order valence-electron chi connectivity index (χ0n) is 11.9. The van der Waals surface area contributed by atoms with Gasteiger partial charge in [-0.3, -0.25) is 0 Å². The summed E-state index contributed by atoms with van der Waals surface area (Å²) in [5.74, 6) is 0.973. The van der Waals surface area contributed by atoms with Crippen molar-refractivity contribution in [3.8, 4) is 5.75 Å². The van der Waals surface area contributed by atoms with E-state index < -0.39 is 0 Å². The van der Waals surface area contributed by atoms with Gasteiger partial charge in [0.05, 0.1) is 6.61 Å². The van der Waals surface area contributed by atoms with Gasteiger partial charge >= 0.3 is 0 Å². The highest BCUT2D eigenvalue weighted by Gasteiger charge is 2.09. The summed E-state index contributed by atoms with van der Waals surface area (Å²) >= 11 is 5.31. The number of benzene rings is 1. The third-order valence-corrected chi connectivity index (χ3v) is 4.60. The monoisotopic (exact) mass is 353 g/mol. The van der Waals surface area contributed by atoms with Crippen molar-refractivity contribution in [2.24, 2.45) is 0 Å². The van der Waals surface area contributed by atoms with Gasteiger partial charge in [0.15, 0.2) is 0 Å². The van der Waals surface area contributed by atoms with Crippen LogP contribution in [-0.4, -0.2) is 6.61 Å². The molecule has 1 aromatic carbocycles. The zero-order valence-corrected chi connectivity index (χ0v) is 14.3. The van der Waals surface area contributed by atoms with Crippen molar-refractivity contribution in [2.75, 3.05) is 6.61 Å². The standard InChI is InChI=1S/C16H20BrNOS/c1-3-8-19-15-7-6-14(17)10-13(15)11-18-12(2)16-5-4-9-20-16/h4-7,9-10,12,18H,3,8,11H2,1-2H3/t12-/m1/s1. The second-order valence-corrected chi connectivity index (χ2v) is 6.61. The Bertz CT molecular complexity index is 527. The summed E-state index contributed by atoms with van der Waals surface area (Å²) < 4.78 is 6.89. The molecular weight excluding hydrogens is 334 g/mol. The Kier molecular flexibility index (Phi) is 6.07. The number of hydrogen-bond donors (Lipinski definition) is 1. The summed E-state index contributed by atoms with van der Waals surface area (Å²) in [4.78, 5) is 1.36. The molecule has 0 spiro atoms. The Hall–Kier alpha value is -0.840. The van der Waals surface area contributed by atoms with Gasteiger partial charge in [-0.1, -0.05) is 28.9 Å². The maximum Gasteiger partial charge on any atom is 0.123 e. The van der Waals surface area contributed by atoms with E-state index in [1.165, 1.54) is 10.4 Å². The number of halogens is 1. The molecule has 0 saturated carbocycles. The van der Waals surface area contributed by atoms with Crippen LogP contribution in [0.1, 0.15) is 36.8 Å². The van der Waals surface area contributed by atoms with E-state index in [2.05, 4.69) is 58.7 Å². The van der Waals surface area contributed by atoms with Crippen molar-refractivity contribution < 1.29 is 4.74 Å². The second kappa shape index (κ2) is 7.81. The van der Waals surface area contributed by atoms with Gasteiger partial charge in [0.1, 0.15) is 5.75 Å². The lowest BCUT2D eigenvalue weighted by molar-refractivity contribution is 0.313. The molecule has 2 rings (SSSR count). The molecule has 4 heteroatoms. The molecule has 1 aromatic heterocycles. The first-order valence-electron chi connectivity index (χ1n) is 6.88. The maximum atomic E-state index is 5.81. The van der Waals surface area contributed by atoms with Crippen LogP contribution in [0.4, 0.5) is 0 Å².